The van der Waals surface area contributed by atoms with Crippen LogP contribution >= 0.6 is 11.6 Å². The van der Waals surface area contributed by atoms with Crippen LogP contribution in [0.3, 0.4) is 0 Å². The van der Waals surface area contributed by atoms with Gasteiger partial charge in [-0.2, -0.15) is 22.4 Å². The van der Waals surface area contributed by atoms with Crippen LogP contribution in [0, 0.1) is 0 Å². The second-order valence-electron chi connectivity index (χ2n) is 5.99. The minimum absolute atomic E-state index is 0.154. The first-order valence-corrected chi connectivity index (χ1v) is 9.64. The fourth-order valence-corrected chi connectivity index (χ4v) is 4.44. The molecule has 27 heavy (non-hydrogen) atoms. The van der Waals surface area contributed by atoms with Gasteiger partial charge in [-0.15, -0.1) is 0 Å². The van der Waals surface area contributed by atoms with Gasteiger partial charge in [0.25, 0.3) is 10.0 Å². The summed E-state index contributed by atoms with van der Waals surface area (Å²) in [6.45, 7) is 0. The lowest BCUT2D eigenvalue weighted by atomic mass is 10.2. The lowest BCUT2D eigenvalue weighted by molar-refractivity contribution is -0.137. The summed E-state index contributed by atoms with van der Waals surface area (Å²) in [5.74, 6) is -0.154. The fourth-order valence-electron chi connectivity index (χ4n) is 2.58. The van der Waals surface area contributed by atoms with Crippen LogP contribution in [0.1, 0.15) is 18.4 Å². The third-order valence-electron chi connectivity index (χ3n) is 4.06. The quantitative estimate of drug-likeness (QED) is 0.652. The standard InChI is InChI=1S/C15H11ClF3N5O2S/c16-13-10(15(17,18)19)7-20-14(23-13)22-11-2-1-3-12-9(11)6-21-24(12)27(25,26)8-4-5-8/h1-3,6-8H,4-5H2,(H,20,22,23). The molecule has 2 aromatic heterocycles. The van der Waals surface area contributed by atoms with Crippen molar-refractivity contribution in [2.45, 2.75) is 24.3 Å². The molecule has 0 atom stereocenters. The van der Waals surface area contributed by atoms with Crippen molar-refractivity contribution in [2.24, 2.45) is 0 Å². The van der Waals surface area contributed by atoms with E-state index >= 15 is 0 Å². The normalized spacial score (nSPS) is 15.3. The van der Waals surface area contributed by atoms with Crippen LogP contribution in [0.15, 0.2) is 30.6 Å². The van der Waals surface area contributed by atoms with Crippen LogP contribution in [0.5, 0.6) is 0 Å². The molecule has 4 rings (SSSR count). The van der Waals surface area contributed by atoms with Crippen molar-refractivity contribution in [3.8, 4) is 0 Å². The minimum atomic E-state index is -4.66. The van der Waals surface area contributed by atoms with Crippen LogP contribution in [0.25, 0.3) is 10.9 Å². The van der Waals surface area contributed by atoms with Crippen LogP contribution in [0.2, 0.25) is 5.15 Å². The van der Waals surface area contributed by atoms with Crippen molar-refractivity contribution in [1.29, 1.82) is 0 Å². The Kier molecular flexibility index (Phi) is 4.04. The van der Waals surface area contributed by atoms with Gasteiger partial charge in [0.1, 0.15) is 10.7 Å². The number of hydrogen-bond acceptors (Lipinski definition) is 6. The maximum Gasteiger partial charge on any atom is 0.420 e. The highest BCUT2D eigenvalue weighted by Gasteiger charge is 2.38. The van der Waals surface area contributed by atoms with Crippen molar-refractivity contribution in [3.63, 3.8) is 0 Å². The van der Waals surface area contributed by atoms with E-state index in [1.165, 1.54) is 6.20 Å². The number of fused-ring (bicyclic) bond motifs is 1. The summed E-state index contributed by atoms with van der Waals surface area (Å²) >= 11 is 5.60. The molecule has 1 aliphatic carbocycles. The van der Waals surface area contributed by atoms with Crippen LogP contribution in [-0.2, 0) is 16.2 Å². The number of anilines is 2. The molecule has 12 heteroatoms. The average molecular weight is 418 g/mol. The predicted molar refractivity (Wildman–Crippen MR) is 92.4 cm³/mol. The van der Waals surface area contributed by atoms with E-state index in [0.717, 1.165) is 4.09 Å². The Balaban J connectivity index is 1.71. The first-order chi connectivity index (χ1) is 12.7. The second-order valence-corrected chi connectivity index (χ2v) is 8.39. The maximum atomic E-state index is 12.7. The molecule has 3 aromatic rings. The molecular weight excluding hydrogens is 407 g/mol. The molecule has 0 amide bonds. The van der Waals surface area contributed by atoms with Crippen molar-refractivity contribution in [2.75, 3.05) is 5.32 Å². The van der Waals surface area contributed by atoms with Gasteiger partial charge in [0.05, 0.1) is 22.7 Å². The summed E-state index contributed by atoms with van der Waals surface area (Å²) in [6, 6.07) is 4.79. The predicted octanol–water partition coefficient (Wildman–Crippen LogP) is 3.58. The summed E-state index contributed by atoms with van der Waals surface area (Å²) in [5, 5.41) is 6.01. The lowest BCUT2D eigenvalue weighted by Crippen LogP contribution is -2.18. The summed E-state index contributed by atoms with van der Waals surface area (Å²) in [7, 11) is -3.57. The van der Waals surface area contributed by atoms with E-state index in [2.05, 4.69) is 20.4 Å². The number of rotatable bonds is 4. The van der Waals surface area contributed by atoms with Gasteiger partial charge >= 0.3 is 6.18 Å². The van der Waals surface area contributed by atoms with Gasteiger partial charge < -0.3 is 5.32 Å². The molecule has 0 unspecified atom stereocenters. The molecular formula is C15H11ClF3N5O2S. The molecule has 0 aliphatic heterocycles. The lowest BCUT2D eigenvalue weighted by Gasteiger charge is -2.10. The van der Waals surface area contributed by atoms with E-state index in [1.54, 1.807) is 18.2 Å². The van der Waals surface area contributed by atoms with Crippen LogP contribution in [0.4, 0.5) is 24.8 Å². The minimum Gasteiger partial charge on any atom is -0.323 e. The molecule has 7 nitrogen and oxygen atoms in total. The Morgan fingerprint density at radius 2 is 1.96 bits per heavy atom. The van der Waals surface area contributed by atoms with Crippen molar-refractivity contribution in [1.82, 2.24) is 19.2 Å². The second kappa shape index (κ2) is 6.06. The Bertz CT molecular complexity index is 1140. The van der Waals surface area contributed by atoms with Gasteiger partial charge in [-0.3, -0.25) is 0 Å². The Morgan fingerprint density at radius 3 is 2.59 bits per heavy atom. The first kappa shape index (κ1) is 18.0. The summed E-state index contributed by atoms with van der Waals surface area (Å²) in [6.07, 6.45) is -1.52. The fraction of sp³-hybridized carbons (Fsp3) is 0.267. The number of hydrogen-bond donors (Lipinski definition) is 1. The molecule has 142 valence electrons. The molecule has 1 saturated carbocycles. The SMILES string of the molecule is O=S(=O)(C1CC1)n1ncc2c(Nc3ncc(C(F)(F)F)c(Cl)n3)cccc21. The average Bonchev–Trinajstić information content (AvgIpc) is 3.34. The van der Waals surface area contributed by atoms with E-state index in [9.17, 15) is 21.6 Å². The van der Waals surface area contributed by atoms with Crippen molar-refractivity contribution < 1.29 is 21.6 Å². The third kappa shape index (κ3) is 3.21. The van der Waals surface area contributed by atoms with E-state index in [4.69, 9.17) is 11.6 Å². The molecule has 1 fully saturated rings. The number of nitrogens with zero attached hydrogens (tertiary/aromatic N) is 4. The zero-order valence-electron chi connectivity index (χ0n) is 13.4. The molecule has 0 bridgehead atoms. The van der Waals surface area contributed by atoms with E-state index in [-0.39, 0.29) is 5.95 Å². The maximum absolute atomic E-state index is 12.7. The largest absolute Gasteiger partial charge is 0.420 e. The summed E-state index contributed by atoms with van der Waals surface area (Å²) in [4.78, 5) is 7.24. The number of benzene rings is 1. The number of aromatic nitrogens is 4. The van der Waals surface area contributed by atoms with E-state index in [1.807, 2.05) is 0 Å². The molecule has 2 heterocycles. The van der Waals surface area contributed by atoms with Gasteiger partial charge in [-0.1, -0.05) is 17.7 Å². The topological polar surface area (TPSA) is 89.8 Å². The summed E-state index contributed by atoms with van der Waals surface area (Å²) in [5.41, 5.74) is -0.401. The molecule has 0 radical (unpaired) electrons. The van der Waals surface area contributed by atoms with Gasteiger partial charge in [0, 0.05) is 11.6 Å². The highest BCUT2D eigenvalue weighted by molar-refractivity contribution is 7.90. The highest BCUT2D eigenvalue weighted by Crippen LogP contribution is 2.35. The monoisotopic (exact) mass is 417 g/mol. The van der Waals surface area contributed by atoms with Crippen LogP contribution < -0.4 is 5.32 Å². The Labute approximate surface area is 156 Å². The Hall–Kier alpha value is -2.40. The summed E-state index contributed by atoms with van der Waals surface area (Å²) < 4.78 is 64.1. The van der Waals surface area contributed by atoms with Gasteiger partial charge in [-0.05, 0) is 25.0 Å². The van der Waals surface area contributed by atoms with Crippen molar-refractivity contribution in [3.05, 3.63) is 41.3 Å². The van der Waals surface area contributed by atoms with E-state index < -0.39 is 32.2 Å². The Morgan fingerprint density at radius 1 is 1.22 bits per heavy atom. The molecule has 0 saturated heterocycles. The number of halogens is 4. The number of alkyl halides is 3. The zero-order chi connectivity index (χ0) is 19.4. The van der Waals surface area contributed by atoms with Crippen LogP contribution in [-0.4, -0.2) is 32.8 Å². The zero-order valence-corrected chi connectivity index (χ0v) is 15.0. The third-order valence-corrected chi connectivity index (χ3v) is 6.44. The van der Waals surface area contributed by atoms with E-state index in [0.29, 0.717) is 35.6 Å². The first-order valence-electron chi connectivity index (χ1n) is 7.76. The number of nitrogens with one attached hydrogen (secondary N) is 1. The smallest absolute Gasteiger partial charge is 0.323 e. The molecule has 1 aromatic carbocycles. The molecule has 1 aliphatic rings. The van der Waals surface area contributed by atoms with Crippen molar-refractivity contribution >= 4 is 44.2 Å². The molecule has 1 N–H and O–H groups in total. The highest BCUT2D eigenvalue weighted by atomic mass is 35.5. The van der Waals surface area contributed by atoms with Gasteiger partial charge in [0.15, 0.2) is 0 Å². The van der Waals surface area contributed by atoms with Gasteiger partial charge in [0.2, 0.25) is 5.95 Å². The molecule has 0 spiro atoms. The van der Waals surface area contributed by atoms with Gasteiger partial charge in [-0.25, -0.2) is 18.4 Å².